The van der Waals surface area contributed by atoms with Crippen molar-refractivity contribution >= 4 is 34.7 Å². The standard InChI is InChI=1S/C21H26Cl2N4O/c1-5-10-26(11-6-2)21-18(7-3)24-20-16(13-19(28-4)25-27(20)21)15-9-8-14(22)12-17(15)23/h8-9,12-13H,5-7,10-11H2,1-4H3. The third kappa shape index (κ3) is 3.91. The topological polar surface area (TPSA) is 42.7 Å². The molecule has 7 heteroatoms. The molecule has 0 amide bonds. The average molecular weight is 421 g/mol. The van der Waals surface area contributed by atoms with Gasteiger partial charge in [-0.3, -0.25) is 0 Å². The van der Waals surface area contributed by atoms with Gasteiger partial charge in [0.15, 0.2) is 11.5 Å². The minimum atomic E-state index is 0.516. The van der Waals surface area contributed by atoms with Gasteiger partial charge in [-0.15, -0.1) is 5.10 Å². The number of halogens is 2. The molecule has 3 aromatic rings. The number of aromatic nitrogens is 3. The zero-order valence-corrected chi connectivity index (χ0v) is 18.3. The van der Waals surface area contributed by atoms with Crippen molar-refractivity contribution in [2.45, 2.75) is 40.0 Å². The number of benzene rings is 1. The molecule has 0 radical (unpaired) electrons. The van der Waals surface area contributed by atoms with Crippen LogP contribution in [0.1, 0.15) is 39.3 Å². The lowest BCUT2D eigenvalue weighted by molar-refractivity contribution is 0.390. The maximum Gasteiger partial charge on any atom is 0.232 e. The first kappa shape index (κ1) is 20.7. The summed E-state index contributed by atoms with van der Waals surface area (Å²) in [6, 6.07) is 7.37. The van der Waals surface area contributed by atoms with E-state index in [4.69, 9.17) is 38.0 Å². The second-order valence-corrected chi connectivity index (χ2v) is 7.53. The van der Waals surface area contributed by atoms with Gasteiger partial charge in [-0.05, 0) is 31.4 Å². The maximum atomic E-state index is 6.51. The third-order valence-corrected chi connectivity index (χ3v) is 5.21. The van der Waals surface area contributed by atoms with Crippen LogP contribution in [0.15, 0.2) is 24.3 Å². The van der Waals surface area contributed by atoms with Crippen LogP contribution in [0.2, 0.25) is 10.0 Å². The molecule has 0 spiro atoms. The van der Waals surface area contributed by atoms with E-state index >= 15 is 0 Å². The molecule has 2 heterocycles. The van der Waals surface area contributed by atoms with Crippen LogP contribution in [0, 0.1) is 0 Å². The van der Waals surface area contributed by atoms with Crippen LogP contribution >= 0.6 is 23.2 Å². The van der Waals surface area contributed by atoms with Crippen molar-refractivity contribution in [2.75, 3.05) is 25.1 Å². The van der Waals surface area contributed by atoms with Gasteiger partial charge in [0.05, 0.1) is 17.8 Å². The molecular weight excluding hydrogens is 395 g/mol. The molecule has 150 valence electrons. The van der Waals surface area contributed by atoms with Crippen molar-refractivity contribution in [1.82, 2.24) is 14.6 Å². The fraction of sp³-hybridized carbons (Fsp3) is 0.429. The minimum absolute atomic E-state index is 0.516. The van der Waals surface area contributed by atoms with Crippen molar-refractivity contribution in [3.05, 3.63) is 40.0 Å². The monoisotopic (exact) mass is 420 g/mol. The normalized spacial score (nSPS) is 11.2. The summed E-state index contributed by atoms with van der Waals surface area (Å²) in [5.74, 6) is 1.55. The Morgan fingerprint density at radius 2 is 1.75 bits per heavy atom. The molecule has 28 heavy (non-hydrogen) atoms. The van der Waals surface area contributed by atoms with Gasteiger partial charge in [0.25, 0.3) is 0 Å². The highest BCUT2D eigenvalue weighted by Gasteiger charge is 2.22. The molecule has 0 aliphatic heterocycles. The summed E-state index contributed by atoms with van der Waals surface area (Å²) >= 11 is 12.6. The molecule has 0 unspecified atom stereocenters. The first-order valence-electron chi connectivity index (χ1n) is 9.70. The summed E-state index contributed by atoms with van der Waals surface area (Å²) in [4.78, 5) is 7.30. The highest BCUT2D eigenvalue weighted by Crippen LogP contribution is 2.36. The third-order valence-electron chi connectivity index (χ3n) is 4.66. The van der Waals surface area contributed by atoms with Gasteiger partial charge in [0, 0.05) is 35.3 Å². The predicted octanol–water partition coefficient (Wildman–Crippen LogP) is 5.90. The lowest BCUT2D eigenvalue weighted by atomic mass is 10.1. The molecule has 2 aromatic heterocycles. The van der Waals surface area contributed by atoms with Gasteiger partial charge in [-0.1, -0.05) is 50.0 Å². The molecule has 0 saturated heterocycles. The van der Waals surface area contributed by atoms with Crippen LogP contribution < -0.4 is 9.64 Å². The van der Waals surface area contributed by atoms with Crippen LogP contribution in [0.25, 0.3) is 16.8 Å². The van der Waals surface area contributed by atoms with E-state index in [2.05, 4.69) is 25.7 Å². The van der Waals surface area contributed by atoms with Gasteiger partial charge in [-0.2, -0.15) is 4.52 Å². The zero-order valence-electron chi connectivity index (χ0n) is 16.8. The number of anilines is 1. The number of rotatable bonds is 8. The summed E-state index contributed by atoms with van der Waals surface area (Å²) in [5, 5.41) is 5.87. The lowest BCUT2D eigenvalue weighted by Crippen LogP contribution is -2.27. The SMILES string of the molecule is CCCN(CCC)c1c(CC)nc2c(-c3ccc(Cl)cc3Cl)cc(OC)nn12. The quantitative estimate of drug-likeness (QED) is 0.454. The molecule has 0 saturated carbocycles. The van der Waals surface area contributed by atoms with Crippen LogP contribution in [0.5, 0.6) is 5.88 Å². The number of hydrogen-bond donors (Lipinski definition) is 0. The van der Waals surface area contributed by atoms with Crippen molar-refractivity contribution < 1.29 is 4.74 Å². The number of fused-ring (bicyclic) bond motifs is 1. The minimum Gasteiger partial charge on any atom is -0.480 e. The smallest absolute Gasteiger partial charge is 0.232 e. The highest BCUT2D eigenvalue weighted by atomic mass is 35.5. The fourth-order valence-electron chi connectivity index (χ4n) is 3.46. The van der Waals surface area contributed by atoms with Crippen LogP contribution in [0.4, 0.5) is 5.82 Å². The first-order chi connectivity index (χ1) is 13.5. The Bertz CT molecular complexity index is 965. The summed E-state index contributed by atoms with van der Waals surface area (Å²) in [5.41, 5.74) is 3.53. The number of ether oxygens (including phenoxy) is 1. The Balaban J connectivity index is 2.32. The first-order valence-corrected chi connectivity index (χ1v) is 10.5. The maximum absolute atomic E-state index is 6.51. The Morgan fingerprint density at radius 3 is 2.32 bits per heavy atom. The number of nitrogens with zero attached hydrogens (tertiary/aromatic N) is 4. The molecule has 0 N–H and O–H groups in total. The van der Waals surface area contributed by atoms with Gasteiger partial charge < -0.3 is 9.64 Å². The number of imidazole rings is 1. The van der Waals surface area contributed by atoms with E-state index in [0.717, 1.165) is 60.6 Å². The molecule has 5 nitrogen and oxygen atoms in total. The van der Waals surface area contributed by atoms with Gasteiger partial charge in [0.2, 0.25) is 5.88 Å². The number of hydrogen-bond acceptors (Lipinski definition) is 4. The summed E-state index contributed by atoms with van der Waals surface area (Å²) < 4.78 is 7.40. The largest absolute Gasteiger partial charge is 0.480 e. The van der Waals surface area contributed by atoms with Crippen LogP contribution in [-0.4, -0.2) is 34.8 Å². The van der Waals surface area contributed by atoms with E-state index in [1.54, 1.807) is 13.2 Å². The van der Waals surface area contributed by atoms with Crippen molar-refractivity contribution in [3.63, 3.8) is 0 Å². The number of methoxy groups -OCH3 is 1. The summed E-state index contributed by atoms with van der Waals surface area (Å²) in [6.45, 7) is 8.39. The fourth-order valence-corrected chi connectivity index (χ4v) is 3.97. The molecule has 3 rings (SSSR count). The van der Waals surface area contributed by atoms with E-state index in [1.165, 1.54) is 0 Å². The van der Waals surface area contributed by atoms with Gasteiger partial charge >= 0.3 is 0 Å². The average Bonchev–Trinajstić information content (AvgIpc) is 3.05. The molecule has 0 aliphatic rings. The Labute approximate surface area is 176 Å². The molecule has 0 aliphatic carbocycles. The van der Waals surface area contributed by atoms with Crippen molar-refractivity contribution in [3.8, 4) is 17.0 Å². The van der Waals surface area contributed by atoms with Crippen LogP contribution in [0.3, 0.4) is 0 Å². The van der Waals surface area contributed by atoms with E-state index in [-0.39, 0.29) is 0 Å². The molecule has 0 atom stereocenters. The second-order valence-electron chi connectivity index (χ2n) is 6.68. The van der Waals surface area contributed by atoms with E-state index in [9.17, 15) is 0 Å². The highest BCUT2D eigenvalue weighted by molar-refractivity contribution is 6.36. The molecule has 1 aromatic carbocycles. The van der Waals surface area contributed by atoms with E-state index in [0.29, 0.717) is 15.9 Å². The van der Waals surface area contributed by atoms with Crippen molar-refractivity contribution in [2.24, 2.45) is 0 Å². The zero-order chi connectivity index (χ0) is 20.3. The summed E-state index contributed by atoms with van der Waals surface area (Å²) in [7, 11) is 1.62. The van der Waals surface area contributed by atoms with E-state index < -0.39 is 0 Å². The van der Waals surface area contributed by atoms with Crippen LogP contribution in [-0.2, 0) is 6.42 Å². The number of aryl methyl sites for hydroxylation is 1. The second kappa shape index (κ2) is 9.01. The van der Waals surface area contributed by atoms with Gasteiger partial charge in [0.1, 0.15) is 0 Å². The predicted molar refractivity (Wildman–Crippen MR) is 117 cm³/mol. The molecular formula is C21H26Cl2N4O. The Morgan fingerprint density at radius 1 is 1.04 bits per heavy atom. The lowest BCUT2D eigenvalue weighted by Gasteiger charge is -2.24. The van der Waals surface area contributed by atoms with E-state index in [1.807, 2.05) is 22.7 Å². The molecule has 0 fully saturated rings. The van der Waals surface area contributed by atoms with Crippen molar-refractivity contribution in [1.29, 1.82) is 0 Å². The summed E-state index contributed by atoms with van der Waals surface area (Å²) in [6.07, 6.45) is 2.92. The van der Waals surface area contributed by atoms with Gasteiger partial charge in [-0.25, -0.2) is 4.98 Å². The Kier molecular flexibility index (Phi) is 6.68. The Hall–Kier alpha value is -1.98. The molecule has 0 bridgehead atoms.